The van der Waals surface area contributed by atoms with Crippen LogP contribution in [0.1, 0.15) is 15.9 Å². The fourth-order valence-corrected chi connectivity index (χ4v) is 1.94. The van der Waals surface area contributed by atoms with E-state index in [1.54, 1.807) is 24.3 Å². The maximum absolute atomic E-state index is 11.5. The van der Waals surface area contributed by atoms with Gasteiger partial charge in [-0.1, -0.05) is 12.1 Å². The van der Waals surface area contributed by atoms with Crippen molar-refractivity contribution in [2.24, 2.45) is 0 Å². The summed E-state index contributed by atoms with van der Waals surface area (Å²) in [6.45, 7) is 0.316. The summed E-state index contributed by atoms with van der Waals surface area (Å²) < 4.78 is 23.1. The number of aromatic amines is 1. The second-order valence-electron chi connectivity index (χ2n) is 4.17. The van der Waals surface area contributed by atoms with E-state index < -0.39 is 28.4 Å². The van der Waals surface area contributed by atoms with Gasteiger partial charge >= 0.3 is 5.97 Å². The molecule has 0 aliphatic heterocycles. The first-order valence-electron chi connectivity index (χ1n) is 5.97. The summed E-state index contributed by atoms with van der Waals surface area (Å²) in [5.74, 6) is -1.21. The minimum atomic E-state index is -2.38. The number of nitrogens with one attached hydrogen (secondary N) is 3. The predicted octanol–water partition coefficient (Wildman–Crippen LogP) is 0.286. The lowest BCUT2D eigenvalue weighted by atomic mass is 10.2. The van der Waals surface area contributed by atoms with Crippen molar-refractivity contribution in [3.8, 4) is 0 Å². The third-order valence-electron chi connectivity index (χ3n) is 2.64. The topological polar surface area (TPSA) is 147 Å². The Kier molecular flexibility index (Phi) is 4.86. The number of H-pyrrole nitrogens is 1. The highest BCUT2D eigenvalue weighted by Gasteiger charge is 2.09. The molecular weight excluding hydrogens is 312 g/mol. The molecule has 1 atom stereocenters. The van der Waals surface area contributed by atoms with E-state index in [2.05, 4.69) is 20.0 Å². The zero-order valence-electron chi connectivity index (χ0n) is 11.0. The van der Waals surface area contributed by atoms with Gasteiger partial charge in [0.2, 0.25) is 5.95 Å². The summed E-state index contributed by atoms with van der Waals surface area (Å²) in [4.78, 5) is 28.3. The average molecular weight is 323 g/mol. The molecule has 0 aliphatic rings. The summed E-state index contributed by atoms with van der Waals surface area (Å²) in [5, 5.41) is 11.5. The molecule has 10 heteroatoms. The standard InChI is InChI=1S/C12H12N4O5S/c17-10-9(11(18)19)6-14-12(15-10)13-5-7-1-3-8(4-2-7)16-22(20)21/h1-4,6,16H,5H2,(H,18,19)(H,20,21)(H2,13,14,15,17)/p-1. The van der Waals surface area contributed by atoms with Crippen LogP contribution in [0.3, 0.4) is 0 Å². The number of hydrogen-bond donors (Lipinski definition) is 4. The van der Waals surface area contributed by atoms with E-state index in [4.69, 9.17) is 5.11 Å². The molecule has 0 amide bonds. The maximum atomic E-state index is 11.5. The van der Waals surface area contributed by atoms with Crippen LogP contribution in [0.5, 0.6) is 0 Å². The van der Waals surface area contributed by atoms with Crippen LogP contribution in [-0.2, 0) is 17.8 Å². The van der Waals surface area contributed by atoms with Gasteiger partial charge in [0.15, 0.2) is 0 Å². The van der Waals surface area contributed by atoms with Crippen LogP contribution >= 0.6 is 0 Å². The zero-order chi connectivity index (χ0) is 16.1. The second kappa shape index (κ2) is 6.83. The number of anilines is 2. The summed E-state index contributed by atoms with van der Waals surface area (Å²) in [6, 6.07) is 6.53. The van der Waals surface area contributed by atoms with Crippen LogP contribution in [0.2, 0.25) is 0 Å². The fourth-order valence-electron chi connectivity index (χ4n) is 1.61. The molecule has 2 rings (SSSR count). The molecule has 0 bridgehead atoms. The first-order valence-corrected chi connectivity index (χ1v) is 7.04. The van der Waals surface area contributed by atoms with Crippen molar-refractivity contribution in [3.63, 3.8) is 0 Å². The summed E-state index contributed by atoms with van der Waals surface area (Å²) in [6.07, 6.45) is 0.972. The third kappa shape index (κ3) is 4.14. The van der Waals surface area contributed by atoms with E-state index in [0.717, 1.165) is 11.8 Å². The average Bonchev–Trinajstić information content (AvgIpc) is 2.45. The lowest BCUT2D eigenvalue weighted by molar-refractivity contribution is 0.0694. The van der Waals surface area contributed by atoms with Gasteiger partial charge in [0, 0.05) is 23.5 Å². The second-order valence-corrected chi connectivity index (χ2v) is 4.84. The molecule has 4 N–H and O–H groups in total. The molecule has 0 aliphatic carbocycles. The van der Waals surface area contributed by atoms with Crippen molar-refractivity contribution < 1.29 is 18.7 Å². The number of rotatable bonds is 6. The summed E-state index contributed by atoms with van der Waals surface area (Å²) >= 11 is -2.38. The molecule has 0 fully saturated rings. The molecule has 1 aromatic heterocycles. The van der Waals surface area contributed by atoms with E-state index >= 15 is 0 Å². The largest absolute Gasteiger partial charge is 0.755 e. The van der Waals surface area contributed by atoms with Gasteiger partial charge in [-0.2, -0.15) is 0 Å². The Morgan fingerprint density at radius 3 is 2.59 bits per heavy atom. The summed E-state index contributed by atoms with van der Waals surface area (Å²) in [7, 11) is 0. The number of aromatic nitrogens is 2. The van der Waals surface area contributed by atoms with Gasteiger partial charge in [-0.3, -0.25) is 14.0 Å². The van der Waals surface area contributed by atoms with Gasteiger partial charge in [0.25, 0.3) is 5.56 Å². The number of nitrogens with zero attached hydrogens (tertiary/aromatic N) is 1. The first-order chi connectivity index (χ1) is 10.5. The number of carboxylic acid groups (broad SMARTS) is 1. The van der Waals surface area contributed by atoms with E-state index in [-0.39, 0.29) is 5.95 Å². The fraction of sp³-hybridized carbons (Fsp3) is 0.0833. The summed E-state index contributed by atoms with van der Waals surface area (Å²) in [5.41, 5.74) is 0.0516. The highest BCUT2D eigenvalue weighted by molar-refractivity contribution is 7.80. The lowest BCUT2D eigenvalue weighted by Gasteiger charge is -2.09. The quantitative estimate of drug-likeness (QED) is 0.558. The predicted molar refractivity (Wildman–Crippen MR) is 78.1 cm³/mol. The number of benzene rings is 1. The molecular formula is C12H11N4O5S-. The normalized spacial score (nSPS) is 11.7. The van der Waals surface area contributed by atoms with E-state index in [0.29, 0.717) is 12.2 Å². The number of carbonyl (C=O) groups is 1. The molecule has 0 saturated carbocycles. The molecule has 0 saturated heterocycles. The molecule has 2 aromatic rings. The van der Waals surface area contributed by atoms with Crippen molar-refractivity contribution in [1.82, 2.24) is 9.97 Å². The minimum Gasteiger partial charge on any atom is -0.755 e. The smallest absolute Gasteiger partial charge is 0.342 e. The van der Waals surface area contributed by atoms with Crippen molar-refractivity contribution in [2.75, 3.05) is 10.0 Å². The molecule has 1 unspecified atom stereocenters. The van der Waals surface area contributed by atoms with Crippen molar-refractivity contribution in [1.29, 1.82) is 0 Å². The van der Waals surface area contributed by atoms with Crippen molar-refractivity contribution in [2.45, 2.75) is 6.54 Å². The van der Waals surface area contributed by atoms with Crippen molar-refractivity contribution in [3.05, 3.63) is 51.9 Å². The zero-order valence-corrected chi connectivity index (χ0v) is 11.8. The van der Waals surface area contributed by atoms with Crippen LogP contribution in [0, 0.1) is 0 Å². The Morgan fingerprint density at radius 1 is 1.36 bits per heavy atom. The van der Waals surface area contributed by atoms with Gasteiger partial charge < -0.3 is 19.7 Å². The third-order valence-corrected chi connectivity index (χ3v) is 3.05. The molecule has 9 nitrogen and oxygen atoms in total. The highest BCUT2D eigenvalue weighted by atomic mass is 32.2. The van der Waals surface area contributed by atoms with Gasteiger partial charge in [0.1, 0.15) is 5.56 Å². The monoisotopic (exact) mass is 323 g/mol. The molecule has 1 aromatic carbocycles. The van der Waals surface area contributed by atoms with Crippen LogP contribution in [-0.4, -0.2) is 29.8 Å². The molecule has 0 spiro atoms. The van der Waals surface area contributed by atoms with Crippen LogP contribution in [0.25, 0.3) is 0 Å². The molecule has 116 valence electrons. The Bertz CT molecular complexity index is 759. The van der Waals surface area contributed by atoms with E-state index in [1.807, 2.05) is 0 Å². The molecule has 0 radical (unpaired) electrons. The van der Waals surface area contributed by atoms with Crippen LogP contribution in [0.15, 0.2) is 35.3 Å². The lowest BCUT2D eigenvalue weighted by Crippen LogP contribution is -2.20. The number of aromatic carboxylic acids is 1. The van der Waals surface area contributed by atoms with E-state index in [9.17, 15) is 18.4 Å². The Labute approximate surface area is 126 Å². The number of carboxylic acids is 1. The number of hydrogen-bond acceptors (Lipinski definition) is 6. The van der Waals surface area contributed by atoms with Gasteiger partial charge in [-0.05, 0) is 17.7 Å². The Hall–Kier alpha value is -2.72. The SMILES string of the molecule is O=C(O)c1cnc(NCc2ccc(NS(=O)[O-])cc2)[nH]c1=O. The molecule has 22 heavy (non-hydrogen) atoms. The first kappa shape index (κ1) is 15.7. The minimum absolute atomic E-state index is 0.137. The van der Waals surface area contributed by atoms with Crippen LogP contribution in [0.4, 0.5) is 11.6 Å². The van der Waals surface area contributed by atoms with Crippen LogP contribution < -0.4 is 15.6 Å². The molecule has 1 heterocycles. The highest BCUT2D eigenvalue weighted by Crippen LogP contribution is 2.10. The van der Waals surface area contributed by atoms with Gasteiger partial charge in [-0.15, -0.1) is 0 Å². The van der Waals surface area contributed by atoms with Gasteiger partial charge in [-0.25, -0.2) is 9.78 Å². The Balaban J connectivity index is 2.01. The van der Waals surface area contributed by atoms with Crippen molar-refractivity contribution >= 4 is 28.9 Å². The van der Waals surface area contributed by atoms with E-state index in [1.165, 1.54) is 0 Å². The Morgan fingerprint density at radius 2 is 2.05 bits per heavy atom. The van der Waals surface area contributed by atoms with Gasteiger partial charge in [0.05, 0.1) is 6.20 Å². The maximum Gasteiger partial charge on any atom is 0.342 e.